The number of nitrogens with one attached hydrogen (secondary N) is 3. The Hall–Kier alpha value is -1.43. The molecule has 0 spiro atoms. The van der Waals surface area contributed by atoms with Crippen LogP contribution in [0.5, 0.6) is 0 Å². The summed E-state index contributed by atoms with van der Waals surface area (Å²) in [7, 11) is 0. The van der Waals surface area contributed by atoms with Gasteiger partial charge in [-0.2, -0.15) is 0 Å². The van der Waals surface area contributed by atoms with Crippen molar-refractivity contribution < 1.29 is 14.4 Å². The third-order valence-corrected chi connectivity index (χ3v) is 2.70. The van der Waals surface area contributed by atoms with Crippen LogP contribution in [0.25, 0.3) is 0 Å². The first-order valence-corrected chi connectivity index (χ1v) is 5.89. The van der Waals surface area contributed by atoms with Crippen LogP contribution < -0.4 is 16.0 Å². The molecule has 1 rings (SSSR count). The topological polar surface area (TPSA) is 87.3 Å². The maximum Gasteiger partial charge on any atom is 0.249 e. The summed E-state index contributed by atoms with van der Waals surface area (Å²) >= 11 is 0. The highest BCUT2D eigenvalue weighted by Gasteiger charge is 2.28. The second-order valence-electron chi connectivity index (χ2n) is 4.22. The summed E-state index contributed by atoms with van der Waals surface area (Å²) in [4.78, 5) is 34.1. The minimum atomic E-state index is -0.579. The van der Waals surface area contributed by atoms with Gasteiger partial charge in [0, 0.05) is 18.9 Å². The minimum absolute atomic E-state index is 0.166. The normalized spacial score (nSPS) is 21.9. The van der Waals surface area contributed by atoms with E-state index in [0.29, 0.717) is 13.0 Å². The van der Waals surface area contributed by atoms with Crippen LogP contribution in [-0.2, 0) is 14.4 Å². The zero-order valence-electron chi connectivity index (χ0n) is 10.2. The van der Waals surface area contributed by atoms with E-state index in [2.05, 4.69) is 16.0 Å². The maximum absolute atomic E-state index is 11.7. The van der Waals surface area contributed by atoms with Crippen LogP contribution in [0.4, 0.5) is 0 Å². The lowest BCUT2D eigenvalue weighted by Crippen LogP contribution is -2.53. The fourth-order valence-electron chi connectivity index (χ4n) is 1.60. The molecule has 2 atom stereocenters. The Morgan fingerprint density at radius 1 is 1.53 bits per heavy atom. The first kappa shape index (κ1) is 13.6. The number of carbonyl (C=O) groups excluding carboxylic acids is 3. The molecule has 1 aliphatic heterocycles. The molecular weight excluding hydrogens is 222 g/mol. The van der Waals surface area contributed by atoms with Gasteiger partial charge in [0.15, 0.2) is 0 Å². The molecule has 2 unspecified atom stereocenters. The van der Waals surface area contributed by atoms with Gasteiger partial charge in [0.25, 0.3) is 0 Å². The van der Waals surface area contributed by atoms with Crippen molar-refractivity contribution in [2.75, 3.05) is 13.1 Å². The van der Waals surface area contributed by atoms with Crippen molar-refractivity contribution in [3.05, 3.63) is 0 Å². The minimum Gasteiger partial charge on any atom is -0.344 e. The van der Waals surface area contributed by atoms with E-state index in [1.807, 2.05) is 6.92 Å². The summed E-state index contributed by atoms with van der Waals surface area (Å²) in [5.74, 6) is -1.05. The van der Waals surface area contributed by atoms with Crippen LogP contribution in [0.2, 0.25) is 0 Å². The van der Waals surface area contributed by atoms with Gasteiger partial charge in [-0.3, -0.25) is 19.7 Å². The smallest absolute Gasteiger partial charge is 0.249 e. The summed E-state index contributed by atoms with van der Waals surface area (Å²) in [6.45, 7) is 5.14. The number of piperidine rings is 1. The largest absolute Gasteiger partial charge is 0.344 e. The molecule has 0 bridgehead atoms. The van der Waals surface area contributed by atoms with Gasteiger partial charge >= 0.3 is 0 Å². The predicted octanol–water partition coefficient (Wildman–Crippen LogP) is -0.847. The van der Waals surface area contributed by atoms with Gasteiger partial charge in [-0.1, -0.05) is 13.8 Å². The summed E-state index contributed by atoms with van der Waals surface area (Å²) in [6.07, 6.45) is 0.655. The third kappa shape index (κ3) is 4.14. The van der Waals surface area contributed by atoms with Gasteiger partial charge in [-0.05, 0) is 13.0 Å². The van der Waals surface area contributed by atoms with Crippen LogP contribution in [0, 0.1) is 5.92 Å². The van der Waals surface area contributed by atoms with E-state index < -0.39 is 11.9 Å². The maximum atomic E-state index is 11.7. The Morgan fingerprint density at radius 2 is 2.24 bits per heavy atom. The van der Waals surface area contributed by atoms with Crippen LogP contribution in [-0.4, -0.2) is 36.9 Å². The molecule has 1 heterocycles. The fraction of sp³-hybridized carbons (Fsp3) is 0.727. The molecule has 0 aromatic heterocycles. The number of carbonyl (C=O) groups is 3. The molecule has 6 heteroatoms. The van der Waals surface area contributed by atoms with Crippen LogP contribution >= 0.6 is 0 Å². The molecule has 6 nitrogen and oxygen atoms in total. The van der Waals surface area contributed by atoms with Gasteiger partial charge < -0.3 is 10.6 Å². The molecule has 3 N–H and O–H groups in total. The molecule has 1 saturated heterocycles. The fourth-order valence-corrected chi connectivity index (χ4v) is 1.60. The summed E-state index contributed by atoms with van der Waals surface area (Å²) in [5.41, 5.74) is 0. The monoisotopic (exact) mass is 241 g/mol. The zero-order chi connectivity index (χ0) is 12.8. The Bertz CT molecular complexity index is 317. The number of rotatable bonds is 5. The van der Waals surface area contributed by atoms with Gasteiger partial charge in [0.1, 0.15) is 6.04 Å². The molecule has 3 amide bonds. The summed E-state index contributed by atoms with van der Waals surface area (Å²) < 4.78 is 0. The molecule has 0 aromatic carbocycles. The number of amides is 3. The lowest BCUT2D eigenvalue weighted by atomic mass is 10.0. The van der Waals surface area contributed by atoms with E-state index in [1.165, 1.54) is 0 Å². The lowest BCUT2D eigenvalue weighted by molar-refractivity contribution is -0.138. The quantitative estimate of drug-likeness (QED) is 0.547. The van der Waals surface area contributed by atoms with Gasteiger partial charge in [0.05, 0.1) is 0 Å². The van der Waals surface area contributed by atoms with Gasteiger partial charge in [-0.25, -0.2) is 0 Å². The van der Waals surface area contributed by atoms with Crippen molar-refractivity contribution in [2.24, 2.45) is 5.92 Å². The predicted molar refractivity (Wildman–Crippen MR) is 62.0 cm³/mol. The molecule has 0 saturated carbocycles. The number of hydrogen-bond acceptors (Lipinski definition) is 4. The number of imide groups is 1. The highest BCUT2D eigenvalue weighted by Crippen LogP contribution is 2.05. The Morgan fingerprint density at radius 3 is 2.82 bits per heavy atom. The average molecular weight is 241 g/mol. The van der Waals surface area contributed by atoms with E-state index in [4.69, 9.17) is 0 Å². The first-order valence-electron chi connectivity index (χ1n) is 5.89. The highest BCUT2D eigenvalue weighted by molar-refractivity contribution is 6.01. The van der Waals surface area contributed by atoms with Crippen molar-refractivity contribution >= 4 is 17.7 Å². The van der Waals surface area contributed by atoms with Crippen LogP contribution in [0.15, 0.2) is 0 Å². The Balaban J connectivity index is 2.40. The molecule has 17 heavy (non-hydrogen) atoms. The summed E-state index contributed by atoms with van der Waals surface area (Å²) in [5, 5.41) is 7.93. The SMILES string of the molecule is CCNCC(C)C(=O)NC1CCC(=O)NC1=O. The second-order valence-corrected chi connectivity index (χ2v) is 4.22. The van der Waals surface area contributed by atoms with E-state index in [9.17, 15) is 14.4 Å². The Kier molecular flexibility index (Phi) is 5.09. The molecule has 1 fully saturated rings. The standard InChI is InChI=1S/C11H19N3O3/c1-3-12-6-7(2)10(16)13-8-4-5-9(15)14-11(8)17/h7-8,12H,3-6H2,1-2H3,(H,13,16)(H,14,15,17). The second kappa shape index (κ2) is 6.34. The van der Waals surface area contributed by atoms with E-state index >= 15 is 0 Å². The van der Waals surface area contributed by atoms with E-state index in [1.54, 1.807) is 6.92 Å². The molecule has 0 aromatic rings. The molecule has 0 radical (unpaired) electrons. The lowest BCUT2D eigenvalue weighted by Gasteiger charge is -2.23. The van der Waals surface area contributed by atoms with E-state index in [0.717, 1.165) is 6.54 Å². The zero-order valence-corrected chi connectivity index (χ0v) is 10.2. The molecule has 0 aliphatic carbocycles. The van der Waals surface area contributed by atoms with Crippen LogP contribution in [0.1, 0.15) is 26.7 Å². The Labute approximate surface area is 101 Å². The van der Waals surface area contributed by atoms with Crippen LogP contribution in [0.3, 0.4) is 0 Å². The van der Waals surface area contributed by atoms with E-state index in [-0.39, 0.29) is 24.2 Å². The third-order valence-electron chi connectivity index (χ3n) is 2.70. The van der Waals surface area contributed by atoms with Crippen molar-refractivity contribution in [2.45, 2.75) is 32.7 Å². The average Bonchev–Trinajstić information content (AvgIpc) is 2.29. The first-order chi connectivity index (χ1) is 8.04. The van der Waals surface area contributed by atoms with Crippen molar-refractivity contribution in [1.82, 2.24) is 16.0 Å². The molecule has 96 valence electrons. The summed E-state index contributed by atoms with van der Waals surface area (Å²) in [6, 6.07) is -0.579. The highest BCUT2D eigenvalue weighted by atomic mass is 16.2. The molecule has 1 aliphatic rings. The van der Waals surface area contributed by atoms with Crippen molar-refractivity contribution in [3.8, 4) is 0 Å². The number of hydrogen-bond donors (Lipinski definition) is 3. The van der Waals surface area contributed by atoms with Gasteiger partial charge in [-0.15, -0.1) is 0 Å². The van der Waals surface area contributed by atoms with Crippen molar-refractivity contribution in [1.29, 1.82) is 0 Å². The van der Waals surface area contributed by atoms with Gasteiger partial charge in [0.2, 0.25) is 17.7 Å². The van der Waals surface area contributed by atoms with Crippen molar-refractivity contribution in [3.63, 3.8) is 0 Å². The molecular formula is C11H19N3O3.